The van der Waals surface area contributed by atoms with E-state index in [1.807, 2.05) is 6.20 Å². The minimum atomic E-state index is 0.356. The molecule has 1 aliphatic rings. The number of nitrogens with zero attached hydrogens (tertiary/aromatic N) is 3. The highest BCUT2D eigenvalue weighted by Gasteiger charge is 2.12. The third kappa shape index (κ3) is 4.11. The highest BCUT2D eigenvalue weighted by atomic mass is 15.2. The van der Waals surface area contributed by atoms with Crippen molar-refractivity contribution in [3.8, 4) is 0 Å². The van der Waals surface area contributed by atoms with Crippen LogP contribution in [0.4, 0.5) is 5.82 Å². The number of pyridine rings is 1. The molecular weight excluding hydrogens is 250 g/mol. The standard InChI is InChI=1S/C15H25N5/c1-3-12(2)19-15(16)18-11-13-6-7-14(17-10-13)20-8-4-5-9-20/h6-7,10,12H,3-5,8-9,11H2,1-2H3,(H3,16,18,19). The number of nitrogens with one attached hydrogen (secondary N) is 1. The highest BCUT2D eigenvalue weighted by Crippen LogP contribution is 2.17. The molecule has 20 heavy (non-hydrogen) atoms. The Bertz CT molecular complexity index is 434. The van der Waals surface area contributed by atoms with Gasteiger partial charge in [-0.05, 0) is 37.8 Å². The first-order valence-corrected chi connectivity index (χ1v) is 7.45. The van der Waals surface area contributed by atoms with Gasteiger partial charge >= 0.3 is 0 Å². The molecule has 5 nitrogen and oxygen atoms in total. The Hall–Kier alpha value is -1.78. The minimum absolute atomic E-state index is 0.356. The van der Waals surface area contributed by atoms with Gasteiger partial charge in [0.15, 0.2) is 5.96 Å². The average molecular weight is 275 g/mol. The van der Waals surface area contributed by atoms with Crippen molar-refractivity contribution < 1.29 is 0 Å². The predicted octanol–water partition coefficient (Wildman–Crippen LogP) is 1.88. The first kappa shape index (κ1) is 14.6. The van der Waals surface area contributed by atoms with Gasteiger partial charge < -0.3 is 16.0 Å². The van der Waals surface area contributed by atoms with Gasteiger partial charge in [0.2, 0.25) is 0 Å². The zero-order chi connectivity index (χ0) is 14.4. The molecule has 2 rings (SSSR count). The average Bonchev–Trinajstić information content (AvgIpc) is 2.99. The van der Waals surface area contributed by atoms with Crippen LogP contribution in [0.25, 0.3) is 0 Å². The lowest BCUT2D eigenvalue weighted by molar-refractivity contribution is 0.636. The number of aliphatic imine (C=N–C) groups is 1. The molecule has 0 aromatic carbocycles. The van der Waals surface area contributed by atoms with E-state index >= 15 is 0 Å². The molecule has 1 aromatic heterocycles. The van der Waals surface area contributed by atoms with Crippen LogP contribution in [0.1, 0.15) is 38.7 Å². The monoisotopic (exact) mass is 275 g/mol. The van der Waals surface area contributed by atoms with E-state index in [0.29, 0.717) is 18.5 Å². The van der Waals surface area contributed by atoms with E-state index < -0.39 is 0 Å². The lowest BCUT2D eigenvalue weighted by Crippen LogP contribution is -2.38. The molecule has 0 aliphatic carbocycles. The molecule has 1 saturated heterocycles. The van der Waals surface area contributed by atoms with E-state index in [1.54, 1.807) is 0 Å². The zero-order valence-electron chi connectivity index (χ0n) is 12.5. The van der Waals surface area contributed by atoms with E-state index in [2.05, 4.69) is 46.2 Å². The summed E-state index contributed by atoms with van der Waals surface area (Å²) in [7, 11) is 0. The first-order valence-electron chi connectivity index (χ1n) is 7.45. The van der Waals surface area contributed by atoms with Crippen molar-refractivity contribution in [2.45, 2.75) is 45.7 Å². The summed E-state index contributed by atoms with van der Waals surface area (Å²) in [6.45, 7) is 7.02. The molecular formula is C15H25N5. The number of hydrogen-bond donors (Lipinski definition) is 2. The fourth-order valence-corrected chi connectivity index (χ4v) is 2.22. The van der Waals surface area contributed by atoms with Gasteiger partial charge in [-0.25, -0.2) is 9.98 Å². The molecule has 110 valence electrons. The maximum absolute atomic E-state index is 5.84. The van der Waals surface area contributed by atoms with Crippen LogP contribution < -0.4 is 16.0 Å². The predicted molar refractivity (Wildman–Crippen MR) is 83.9 cm³/mol. The van der Waals surface area contributed by atoms with Crippen LogP contribution in [0.5, 0.6) is 0 Å². The van der Waals surface area contributed by atoms with Crippen LogP contribution >= 0.6 is 0 Å². The van der Waals surface area contributed by atoms with Gasteiger partial charge in [0.25, 0.3) is 0 Å². The van der Waals surface area contributed by atoms with Crippen molar-refractivity contribution in [1.29, 1.82) is 0 Å². The molecule has 0 amide bonds. The second-order valence-electron chi connectivity index (χ2n) is 5.37. The smallest absolute Gasteiger partial charge is 0.189 e. The Morgan fingerprint density at radius 3 is 2.80 bits per heavy atom. The summed E-state index contributed by atoms with van der Waals surface area (Å²) in [5, 5.41) is 3.16. The van der Waals surface area contributed by atoms with Crippen LogP contribution in [0.3, 0.4) is 0 Å². The summed E-state index contributed by atoms with van der Waals surface area (Å²) in [6.07, 6.45) is 5.47. The molecule has 1 aliphatic heterocycles. The van der Waals surface area contributed by atoms with Gasteiger partial charge in [-0.2, -0.15) is 0 Å². The van der Waals surface area contributed by atoms with Gasteiger partial charge in [0.05, 0.1) is 6.54 Å². The first-order chi connectivity index (χ1) is 9.69. The van der Waals surface area contributed by atoms with Crippen molar-refractivity contribution in [2.75, 3.05) is 18.0 Å². The summed E-state index contributed by atoms with van der Waals surface area (Å²) in [4.78, 5) is 11.2. The lowest BCUT2D eigenvalue weighted by Gasteiger charge is -2.16. The molecule has 3 N–H and O–H groups in total. The molecule has 2 heterocycles. The van der Waals surface area contributed by atoms with Crippen LogP contribution in [-0.4, -0.2) is 30.1 Å². The maximum atomic E-state index is 5.84. The molecule has 1 unspecified atom stereocenters. The SMILES string of the molecule is CCC(C)NC(N)=NCc1ccc(N2CCCC2)nc1. The fourth-order valence-electron chi connectivity index (χ4n) is 2.22. The number of nitrogens with two attached hydrogens (primary N) is 1. The quantitative estimate of drug-likeness (QED) is 0.636. The summed E-state index contributed by atoms with van der Waals surface area (Å²) >= 11 is 0. The normalized spacial score (nSPS) is 17.3. The number of anilines is 1. The van der Waals surface area contributed by atoms with Gasteiger partial charge in [-0.15, -0.1) is 0 Å². The summed E-state index contributed by atoms with van der Waals surface area (Å²) in [5.74, 6) is 1.57. The van der Waals surface area contributed by atoms with E-state index in [4.69, 9.17) is 5.73 Å². The van der Waals surface area contributed by atoms with Crippen LogP contribution in [0.2, 0.25) is 0 Å². The number of hydrogen-bond acceptors (Lipinski definition) is 3. The van der Waals surface area contributed by atoms with Crippen LogP contribution in [-0.2, 0) is 6.54 Å². The van der Waals surface area contributed by atoms with Crippen LogP contribution in [0.15, 0.2) is 23.3 Å². The third-order valence-electron chi connectivity index (χ3n) is 3.68. The fraction of sp³-hybridized carbons (Fsp3) is 0.600. The Kier molecular flexibility index (Phi) is 5.21. The van der Waals surface area contributed by atoms with Crippen molar-refractivity contribution >= 4 is 11.8 Å². The van der Waals surface area contributed by atoms with Crippen molar-refractivity contribution in [3.63, 3.8) is 0 Å². The summed E-state index contributed by atoms with van der Waals surface area (Å²) < 4.78 is 0. The second kappa shape index (κ2) is 7.12. The molecule has 5 heteroatoms. The number of aromatic nitrogens is 1. The number of rotatable bonds is 5. The molecule has 1 fully saturated rings. The molecule has 0 spiro atoms. The molecule has 0 radical (unpaired) electrons. The van der Waals surface area contributed by atoms with E-state index in [9.17, 15) is 0 Å². The topological polar surface area (TPSA) is 66.5 Å². The van der Waals surface area contributed by atoms with Gasteiger partial charge in [0, 0.05) is 25.3 Å². The molecule has 1 atom stereocenters. The Balaban J connectivity index is 1.88. The summed E-state index contributed by atoms with van der Waals surface area (Å²) in [5.41, 5.74) is 6.92. The van der Waals surface area contributed by atoms with E-state index in [-0.39, 0.29) is 0 Å². The van der Waals surface area contributed by atoms with Crippen molar-refractivity contribution in [2.24, 2.45) is 10.7 Å². The molecule has 1 aromatic rings. The van der Waals surface area contributed by atoms with Crippen molar-refractivity contribution in [3.05, 3.63) is 23.9 Å². The van der Waals surface area contributed by atoms with E-state index in [0.717, 1.165) is 30.9 Å². The van der Waals surface area contributed by atoms with Gasteiger partial charge in [0.1, 0.15) is 5.82 Å². The van der Waals surface area contributed by atoms with Crippen LogP contribution in [0, 0.1) is 0 Å². The third-order valence-corrected chi connectivity index (χ3v) is 3.68. The maximum Gasteiger partial charge on any atom is 0.189 e. The largest absolute Gasteiger partial charge is 0.370 e. The summed E-state index contributed by atoms with van der Waals surface area (Å²) in [6, 6.07) is 4.52. The van der Waals surface area contributed by atoms with E-state index in [1.165, 1.54) is 12.8 Å². The highest BCUT2D eigenvalue weighted by molar-refractivity contribution is 5.78. The van der Waals surface area contributed by atoms with Gasteiger partial charge in [-0.3, -0.25) is 0 Å². The number of guanidine groups is 1. The second-order valence-corrected chi connectivity index (χ2v) is 5.37. The Labute approximate surface area is 121 Å². The molecule has 0 saturated carbocycles. The van der Waals surface area contributed by atoms with Crippen molar-refractivity contribution in [1.82, 2.24) is 10.3 Å². The minimum Gasteiger partial charge on any atom is -0.370 e. The Morgan fingerprint density at radius 1 is 1.45 bits per heavy atom. The van der Waals surface area contributed by atoms with Gasteiger partial charge in [-0.1, -0.05) is 13.0 Å². The Morgan fingerprint density at radius 2 is 2.20 bits per heavy atom. The molecule has 0 bridgehead atoms. The zero-order valence-corrected chi connectivity index (χ0v) is 12.5. The lowest BCUT2D eigenvalue weighted by atomic mass is 10.2.